The van der Waals surface area contributed by atoms with Crippen molar-refractivity contribution in [2.75, 3.05) is 28.2 Å². The maximum absolute atomic E-state index is 13.1. The molecule has 15 heteroatoms. The van der Waals surface area contributed by atoms with Gasteiger partial charge in [-0.2, -0.15) is 9.97 Å². The summed E-state index contributed by atoms with van der Waals surface area (Å²) in [6.07, 6.45) is 0.801. The van der Waals surface area contributed by atoms with Crippen LogP contribution in [0.5, 0.6) is 0 Å². The number of sulfonamides is 1. The zero-order chi connectivity index (χ0) is 27.2. The van der Waals surface area contributed by atoms with Crippen molar-refractivity contribution in [1.82, 2.24) is 15.0 Å². The number of aliphatic hydroxyl groups excluding tert-OH is 1. The van der Waals surface area contributed by atoms with E-state index in [0.29, 0.717) is 59.5 Å². The Kier molecular flexibility index (Phi) is 6.77. The number of thiazole rings is 1. The Labute approximate surface area is 222 Å². The van der Waals surface area contributed by atoms with Gasteiger partial charge in [-0.3, -0.25) is 15.0 Å². The van der Waals surface area contributed by atoms with E-state index >= 15 is 0 Å². The number of primary sulfonamides is 1. The summed E-state index contributed by atoms with van der Waals surface area (Å²) in [6, 6.07) is 5.94. The molecule has 200 valence electrons. The fourth-order valence-corrected chi connectivity index (χ4v) is 5.79. The topological polar surface area (TPSA) is 192 Å². The number of nitrogens with zero attached hydrogens (tertiary/aromatic N) is 5. The largest absolute Gasteiger partial charge is 0.477 e. The second-order valence-electron chi connectivity index (χ2n) is 9.10. The third-order valence-corrected chi connectivity index (χ3v) is 8.40. The number of hydrogen-bond acceptors (Lipinski definition) is 11. The molecule has 2 aromatic heterocycles. The maximum atomic E-state index is 13.1. The number of carboxylic acid groups (broad SMARTS) is 1. The number of fused-ring (bicyclic) bond motifs is 1. The molecule has 0 radical (unpaired) electrons. The molecule has 0 spiro atoms. The van der Waals surface area contributed by atoms with E-state index in [1.165, 1.54) is 17.0 Å². The predicted octanol–water partition coefficient (Wildman–Crippen LogP) is 1.38. The zero-order valence-corrected chi connectivity index (χ0v) is 21.9. The van der Waals surface area contributed by atoms with Crippen LogP contribution in [0, 0.1) is 6.92 Å². The summed E-state index contributed by atoms with van der Waals surface area (Å²) >= 11 is 0.956. The second kappa shape index (κ2) is 9.90. The average molecular weight is 560 g/mol. The van der Waals surface area contributed by atoms with Crippen LogP contribution in [-0.2, 0) is 27.8 Å². The van der Waals surface area contributed by atoms with E-state index in [1.54, 1.807) is 19.1 Å². The van der Waals surface area contributed by atoms with Crippen molar-refractivity contribution in [3.8, 4) is 0 Å². The van der Waals surface area contributed by atoms with Gasteiger partial charge >= 0.3 is 5.97 Å². The Balaban J connectivity index is 1.51. The van der Waals surface area contributed by atoms with Gasteiger partial charge in [-0.25, -0.2) is 23.3 Å². The molecule has 0 saturated carbocycles. The van der Waals surface area contributed by atoms with Gasteiger partial charge in [-0.1, -0.05) is 23.5 Å². The van der Waals surface area contributed by atoms with E-state index in [2.05, 4.69) is 20.3 Å². The predicted molar refractivity (Wildman–Crippen MR) is 139 cm³/mol. The molecule has 2 aliphatic rings. The summed E-state index contributed by atoms with van der Waals surface area (Å²) in [7, 11) is -3.84. The van der Waals surface area contributed by atoms with Crippen molar-refractivity contribution >= 4 is 56.0 Å². The molecule has 0 aliphatic carbocycles. The van der Waals surface area contributed by atoms with Gasteiger partial charge < -0.3 is 15.1 Å². The Morgan fingerprint density at radius 3 is 2.42 bits per heavy atom. The summed E-state index contributed by atoms with van der Waals surface area (Å²) < 4.78 is 23.2. The number of amides is 1. The number of rotatable bonds is 7. The van der Waals surface area contributed by atoms with Crippen LogP contribution in [-0.4, -0.2) is 64.7 Å². The molecule has 1 fully saturated rings. The monoisotopic (exact) mass is 559 g/mol. The number of aryl methyl sites for hydroxylation is 1. The van der Waals surface area contributed by atoms with Gasteiger partial charge in [0.2, 0.25) is 21.9 Å². The van der Waals surface area contributed by atoms with Gasteiger partial charge in [0.15, 0.2) is 5.13 Å². The number of nitrogens with one attached hydrogen (secondary N) is 1. The molecule has 13 nitrogen and oxygen atoms in total. The lowest BCUT2D eigenvalue weighted by Gasteiger charge is -2.31. The molecular formula is C23H25N7O6S2. The number of aliphatic hydroxyl groups is 1. The highest BCUT2D eigenvalue weighted by atomic mass is 32.2. The van der Waals surface area contributed by atoms with Gasteiger partial charge in [0.1, 0.15) is 16.5 Å². The molecular weight excluding hydrogens is 534 g/mol. The van der Waals surface area contributed by atoms with Crippen LogP contribution >= 0.6 is 11.3 Å². The minimum Gasteiger partial charge on any atom is -0.477 e. The Hall–Kier alpha value is -3.66. The molecule has 3 aromatic rings. The minimum atomic E-state index is -3.84. The number of anilines is 4. The fraction of sp³-hybridized carbons (Fsp3) is 0.348. The third kappa shape index (κ3) is 5.18. The second-order valence-corrected chi connectivity index (χ2v) is 11.7. The van der Waals surface area contributed by atoms with Crippen molar-refractivity contribution in [3.05, 3.63) is 46.0 Å². The Bertz CT molecular complexity index is 1520. The quantitative estimate of drug-likeness (QED) is 0.327. The highest BCUT2D eigenvalue weighted by Crippen LogP contribution is 2.37. The molecule has 5 rings (SSSR count). The Morgan fingerprint density at radius 1 is 1.16 bits per heavy atom. The lowest BCUT2D eigenvalue weighted by molar-refractivity contribution is -0.117. The molecule has 5 N–H and O–H groups in total. The van der Waals surface area contributed by atoms with Crippen LogP contribution in [0.15, 0.2) is 29.2 Å². The van der Waals surface area contributed by atoms with Crippen LogP contribution < -0.4 is 20.3 Å². The van der Waals surface area contributed by atoms with Gasteiger partial charge in [0, 0.05) is 18.7 Å². The first kappa shape index (κ1) is 26.0. The SMILES string of the molecule is Cc1nc(Nc2nc(N3CCC(O)CC3)c3c(n2)N(Cc2ccc(S(N)(=O)=O)cc2)C(=O)C3)sc1C(=O)O. The van der Waals surface area contributed by atoms with Crippen molar-refractivity contribution in [3.63, 3.8) is 0 Å². The highest BCUT2D eigenvalue weighted by molar-refractivity contribution is 7.89. The van der Waals surface area contributed by atoms with Crippen molar-refractivity contribution < 1.29 is 28.2 Å². The van der Waals surface area contributed by atoms with Crippen molar-refractivity contribution in [1.29, 1.82) is 0 Å². The minimum absolute atomic E-state index is 0.0303. The van der Waals surface area contributed by atoms with Crippen LogP contribution in [0.3, 0.4) is 0 Å². The number of carboxylic acids is 1. The number of benzene rings is 1. The van der Waals surface area contributed by atoms with E-state index in [0.717, 1.165) is 11.3 Å². The van der Waals surface area contributed by atoms with Gasteiger partial charge in [-0.15, -0.1) is 0 Å². The molecule has 2 aliphatic heterocycles. The summed E-state index contributed by atoms with van der Waals surface area (Å²) in [5.41, 5.74) is 1.69. The van der Waals surface area contributed by atoms with Crippen molar-refractivity contribution in [2.24, 2.45) is 5.14 Å². The molecule has 0 bridgehead atoms. The van der Waals surface area contributed by atoms with Gasteiger partial charge in [0.05, 0.1) is 29.7 Å². The standard InChI is InChI=1S/C23H25N7O6S2/c1-12-18(21(33)34)37-23(25-12)28-22-26-19(29-8-6-14(31)7-9-29)16-10-17(32)30(20(16)27-22)11-13-2-4-15(5-3-13)38(24,35)36/h2-5,14,31H,6-11H2,1H3,(H,33,34)(H2,24,35,36)(H,25,26,27,28). The van der Waals surface area contributed by atoms with Gasteiger partial charge in [-0.05, 0) is 37.5 Å². The smallest absolute Gasteiger partial charge is 0.347 e. The first-order chi connectivity index (χ1) is 18.0. The average Bonchev–Trinajstić information content (AvgIpc) is 3.38. The number of hydrogen-bond donors (Lipinski definition) is 4. The Morgan fingerprint density at radius 2 is 1.82 bits per heavy atom. The normalized spacial score (nSPS) is 16.1. The molecule has 1 aromatic carbocycles. The zero-order valence-electron chi connectivity index (χ0n) is 20.3. The van der Waals surface area contributed by atoms with E-state index in [1.807, 2.05) is 4.90 Å². The molecule has 1 amide bonds. The molecule has 0 atom stereocenters. The van der Waals surface area contributed by atoms with Gasteiger partial charge in [0.25, 0.3) is 0 Å². The van der Waals surface area contributed by atoms with E-state index in [9.17, 15) is 28.2 Å². The van der Waals surface area contributed by atoms with Crippen LogP contribution in [0.4, 0.5) is 22.7 Å². The van der Waals surface area contributed by atoms with E-state index in [-0.39, 0.29) is 34.6 Å². The molecule has 0 unspecified atom stereocenters. The number of carbonyl (C=O) groups excluding carboxylic acids is 1. The number of nitrogens with two attached hydrogens (primary N) is 1. The fourth-order valence-electron chi connectivity index (χ4n) is 4.48. The number of aromatic nitrogens is 3. The highest BCUT2D eigenvalue weighted by Gasteiger charge is 2.35. The summed E-state index contributed by atoms with van der Waals surface area (Å²) in [5.74, 6) is -0.161. The molecule has 38 heavy (non-hydrogen) atoms. The summed E-state index contributed by atoms with van der Waals surface area (Å²) in [4.78, 5) is 41.7. The van der Waals surface area contributed by atoms with E-state index in [4.69, 9.17) is 5.14 Å². The number of piperidine rings is 1. The maximum Gasteiger partial charge on any atom is 0.347 e. The number of aromatic carboxylic acids is 1. The molecule has 4 heterocycles. The van der Waals surface area contributed by atoms with E-state index < -0.39 is 22.1 Å². The van der Waals surface area contributed by atoms with Crippen LogP contribution in [0.25, 0.3) is 0 Å². The first-order valence-corrected chi connectivity index (χ1v) is 14.1. The lowest BCUT2D eigenvalue weighted by Crippen LogP contribution is -2.37. The third-order valence-electron chi connectivity index (χ3n) is 6.41. The first-order valence-electron chi connectivity index (χ1n) is 11.7. The number of carbonyl (C=O) groups is 2. The molecule has 1 saturated heterocycles. The lowest BCUT2D eigenvalue weighted by atomic mass is 10.1. The van der Waals surface area contributed by atoms with Crippen molar-refractivity contribution in [2.45, 2.75) is 43.7 Å². The summed E-state index contributed by atoms with van der Waals surface area (Å²) in [6.45, 7) is 2.84. The van der Waals surface area contributed by atoms with Crippen LogP contribution in [0.1, 0.15) is 39.3 Å². The summed E-state index contributed by atoms with van der Waals surface area (Å²) in [5, 5.41) is 27.8. The van der Waals surface area contributed by atoms with Crippen LogP contribution in [0.2, 0.25) is 0 Å².